The van der Waals surface area contributed by atoms with Crippen LogP contribution in [0.25, 0.3) is 0 Å². The van der Waals surface area contributed by atoms with Crippen molar-refractivity contribution in [2.75, 3.05) is 4.90 Å². The molecule has 0 radical (unpaired) electrons. The van der Waals surface area contributed by atoms with Crippen molar-refractivity contribution in [1.82, 2.24) is 0 Å². The summed E-state index contributed by atoms with van der Waals surface area (Å²) in [5.74, 6) is 0.223. The highest BCUT2D eigenvalue weighted by Crippen LogP contribution is 2.47. The van der Waals surface area contributed by atoms with Crippen LogP contribution in [0.15, 0.2) is 67.3 Å². The van der Waals surface area contributed by atoms with Gasteiger partial charge in [-0.25, -0.2) is 0 Å². The SMILES string of the molecule is C=CCC1(CCCC)C(=O)N(Cc2ccccc2)c2ccccc21. The average Bonchev–Trinajstić information content (AvgIpc) is 2.84. The third-order valence-corrected chi connectivity index (χ3v) is 5.00. The van der Waals surface area contributed by atoms with Gasteiger partial charge >= 0.3 is 0 Å². The second kappa shape index (κ2) is 7.04. The number of benzene rings is 2. The average molecular weight is 319 g/mol. The van der Waals surface area contributed by atoms with Crippen molar-refractivity contribution in [3.05, 3.63) is 78.4 Å². The molecule has 0 N–H and O–H groups in total. The standard InChI is InChI=1S/C22H25NO/c1-3-5-16-22(15-4-2)19-13-9-10-14-20(19)23(21(22)24)17-18-11-7-6-8-12-18/h4,6-14H,2-3,5,15-17H2,1H3. The van der Waals surface area contributed by atoms with Crippen molar-refractivity contribution < 1.29 is 4.79 Å². The Morgan fingerprint density at radius 3 is 2.50 bits per heavy atom. The van der Waals surface area contributed by atoms with Gasteiger partial charge in [-0.1, -0.05) is 74.4 Å². The molecular weight excluding hydrogens is 294 g/mol. The number of amides is 1. The van der Waals surface area contributed by atoms with Gasteiger partial charge in [0.2, 0.25) is 5.91 Å². The smallest absolute Gasteiger partial charge is 0.238 e. The minimum Gasteiger partial charge on any atom is -0.307 e. The van der Waals surface area contributed by atoms with Gasteiger partial charge < -0.3 is 4.90 Å². The molecule has 1 atom stereocenters. The number of rotatable bonds is 7. The first-order valence-electron chi connectivity index (χ1n) is 8.79. The van der Waals surface area contributed by atoms with Crippen molar-refractivity contribution in [3.63, 3.8) is 0 Å². The molecule has 3 rings (SSSR count). The Labute approximate surface area is 144 Å². The molecule has 1 aliphatic heterocycles. The van der Waals surface area contributed by atoms with E-state index in [1.807, 2.05) is 41.3 Å². The topological polar surface area (TPSA) is 20.3 Å². The Bertz CT molecular complexity index is 722. The predicted octanol–water partition coefficient (Wildman–Crippen LogP) is 5.24. The van der Waals surface area contributed by atoms with Gasteiger partial charge in [-0.05, 0) is 30.0 Å². The molecule has 1 heterocycles. The van der Waals surface area contributed by atoms with Crippen LogP contribution in [0.2, 0.25) is 0 Å². The molecule has 124 valence electrons. The second-order valence-corrected chi connectivity index (χ2v) is 6.57. The van der Waals surface area contributed by atoms with Crippen molar-refractivity contribution in [2.45, 2.75) is 44.6 Å². The largest absolute Gasteiger partial charge is 0.307 e. The van der Waals surface area contributed by atoms with E-state index in [1.165, 1.54) is 5.56 Å². The molecule has 2 aromatic rings. The molecule has 1 unspecified atom stereocenters. The van der Waals surface area contributed by atoms with Crippen LogP contribution in [0.4, 0.5) is 5.69 Å². The Morgan fingerprint density at radius 1 is 1.08 bits per heavy atom. The molecule has 1 amide bonds. The molecule has 0 aromatic heterocycles. The zero-order valence-electron chi connectivity index (χ0n) is 14.4. The zero-order chi connectivity index (χ0) is 17.0. The summed E-state index contributed by atoms with van der Waals surface area (Å²) >= 11 is 0. The zero-order valence-corrected chi connectivity index (χ0v) is 14.4. The van der Waals surface area contributed by atoms with E-state index in [-0.39, 0.29) is 5.91 Å². The van der Waals surface area contributed by atoms with Crippen LogP contribution in [0, 0.1) is 0 Å². The van der Waals surface area contributed by atoms with Crippen molar-refractivity contribution in [2.24, 2.45) is 0 Å². The summed E-state index contributed by atoms with van der Waals surface area (Å²) < 4.78 is 0. The molecule has 0 saturated heterocycles. The fourth-order valence-electron chi connectivity index (χ4n) is 3.79. The first-order chi connectivity index (χ1) is 11.7. The van der Waals surface area contributed by atoms with Crippen LogP contribution >= 0.6 is 0 Å². The quantitative estimate of drug-likeness (QED) is 0.639. The molecule has 0 bridgehead atoms. The number of nitrogens with zero attached hydrogens (tertiary/aromatic N) is 1. The van der Waals surface area contributed by atoms with Crippen molar-refractivity contribution >= 4 is 11.6 Å². The molecule has 0 spiro atoms. The first-order valence-corrected chi connectivity index (χ1v) is 8.79. The van der Waals surface area contributed by atoms with E-state index in [9.17, 15) is 4.79 Å². The lowest BCUT2D eigenvalue weighted by molar-refractivity contribution is -0.123. The van der Waals surface area contributed by atoms with Gasteiger partial charge in [-0.15, -0.1) is 6.58 Å². The van der Waals surface area contributed by atoms with E-state index in [2.05, 4.69) is 37.8 Å². The molecule has 0 fully saturated rings. The summed E-state index contributed by atoms with van der Waals surface area (Å²) in [7, 11) is 0. The number of hydrogen-bond donors (Lipinski definition) is 0. The van der Waals surface area contributed by atoms with Gasteiger partial charge in [0.1, 0.15) is 0 Å². The van der Waals surface area contributed by atoms with E-state index < -0.39 is 5.41 Å². The molecule has 2 nitrogen and oxygen atoms in total. The molecule has 1 aliphatic rings. The lowest BCUT2D eigenvalue weighted by Crippen LogP contribution is -2.39. The van der Waals surface area contributed by atoms with Gasteiger partial charge in [0.05, 0.1) is 12.0 Å². The third kappa shape index (κ3) is 2.77. The summed E-state index contributed by atoms with van der Waals surface area (Å²) in [4.78, 5) is 15.4. The lowest BCUT2D eigenvalue weighted by Gasteiger charge is -2.28. The van der Waals surface area contributed by atoms with E-state index in [0.717, 1.165) is 30.5 Å². The fraction of sp³-hybridized carbons (Fsp3) is 0.318. The maximum atomic E-state index is 13.5. The van der Waals surface area contributed by atoms with Crippen molar-refractivity contribution in [3.8, 4) is 0 Å². The minimum atomic E-state index is -0.441. The van der Waals surface area contributed by atoms with Gasteiger partial charge in [0.25, 0.3) is 0 Å². The number of allylic oxidation sites excluding steroid dienone is 1. The molecule has 0 aliphatic carbocycles. The van der Waals surface area contributed by atoms with Gasteiger partial charge in [-0.3, -0.25) is 4.79 Å². The Balaban J connectivity index is 2.03. The second-order valence-electron chi connectivity index (χ2n) is 6.57. The summed E-state index contributed by atoms with van der Waals surface area (Å²) in [6.07, 6.45) is 5.63. The van der Waals surface area contributed by atoms with Gasteiger partial charge in [0, 0.05) is 5.69 Å². The monoisotopic (exact) mass is 319 g/mol. The Morgan fingerprint density at radius 2 is 1.79 bits per heavy atom. The van der Waals surface area contributed by atoms with E-state index in [4.69, 9.17) is 0 Å². The normalized spacial score (nSPS) is 19.4. The molecule has 2 heteroatoms. The summed E-state index contributed by atoms with van der Waals surface area (Å²) in [5.41, 5.74) is 2.94. The van der Waals surface area contributed by atoms with E-state index in [0.29, 0.717) is 13.0 Å². The lowest BCUT2D eigenvalue weighted by atomic mass is 9.74. The molecule has 2 aromatic carbocycles. The third-order valence-electron chi connectivity index (χ3n) is 5.00. The number of carbonyl (C=O) groups excluding carboxylic acids is 1. The van der Waals surface area contributed by atoms with Crippen LogP contribution in [0.5, 0.6) is 0 Å². The van der Waals surface area contributed by atoms with E-state index in [1.54, 1.807) is 0 Å². The minimum absolute atomic E-state index is 0.223. The molecule has 0 saturated carbocycles. The van der Waals surface area contributed by atoms with Crippen LogP contribution in [0.3, 0.4) is 0 Å². The Hall–Kier alpha value is -2.35. The fourth-order valence-corrected chi connectivity index (χ4v) is 3.79. The maximum absolute atomic E-state index is 13.5. The number of para-hydroxylation sites is 1. The van der Waals surface area contributed by atoms with Gasteiger partial charge in [-0.2, -0.15) is 0 Å². The maximum Gasteiger partial charge on any atom is 0.238 e. The number of carbonyl (C=O) groups is 1. The number of fused-ring (bicyclic) bond motifs is 1. The highest BCUT2D eigenvalue weighted by atomic mass is 16.2. The molecular formula is C22H25NO. The van der Waals surface area contributed by atoms with Crippen molar-refractivity contribution in [1.29, 1.82) is 0 Å². The predicted molar refractivity (Wildman–Crippen MR) is 100 cm³/mol. The highest BCUT2D eigenvalue weighted by Gasteiger charge is 2.49. The number of unbranched alkanes of at least 4 members (excludes halogenated alkanes) is 1. The van der Waals surface area contributed by atoms with Crippen LogP contribution in [-0.2, 0) is 16.8 Å². The summed E-state index contributed by atoms with van der Waals surface area (Å²) in [5, 5.41) is 0. The van der Waals surface area contributed by atoms with Crippen LogP contribution in [0.1, 0.15) is 43.7 Å². The highest BCUT2D eigenvalue weighted by molar-refractivity contribution is 6.08. The van der Waals surface area contributed by atoms with E-state index >= 15 is 0 Å². The van der Waals surface area contributed by atoms with Crippen LogP contribution in [-0.4, -0.2) is 5.91 Å². The first kappa shape index (κ1) is 16.5. The number of anilines is 1. The number of hydrogen-bond acceptors (Lipinski definition) is 1. The summed E-state index contributed by atoms with van der Waals surface area (Å²) in [6.45, 7) is 6.72. The summed E-state index contributed by atoms with van der Waals surface area (Å²) in [6, 6.07) is 18.5. The van der Waals surface area contributed by atoms with Crippen LogP contribution < -0.4 is 4.90 Å². The van der Waals surface area contributed by atoms with Gasteiger partial charge in [0.15, 0.2) is 0 Å². The molecule has 24 heavy (non-hydrogen) atoms. The Kier molecular flexibility index (Phi) is 4.84.